The molecule has 4 aromatic carbocycles. The van der Waals surface area contributed by atoms with Crippen LogP contribution in [0.3, 0.4) is 0 Å². The third-order valence-electron chi connectivity index (χ3n) is 9.03. The maximum atomic E-state index is 14.2. The number of aliphatic hydroxyl groups excluding tert-OH is 2. The Balaban J connectivity index is 1.74. The highest BCUT2D eigenvalue weighted by Gasteiger charge is 2.47. The second-order valence-electron chi connectivity index (χ2n) is 12.8. The molecule has 0 bridgehead atoms. The van der Waals surface area contributed by atoms with Crippen molar-refractivity contribution < 1.29 is 49.1 Å². The molecule has 0 saturated heterocycles. The molecule has 54 heavy (non-hydrogen) atoms. The van der Waals surface area contributed by atoms with E-state index >= 15 is 0 Å². The molecular formula is C40H46N4O10. The van der Waals surface area contributed by atoms with Gasteiger partial charge in [-0.3, -0.25) is 19.2 Å². The van der Waals surface area contributed by atoms with Crippen LogP contribution in [0.15, 0.2) is 109 Å². The van der Waals surface area contributed by atoms with Crippen molar-refractivity contribution in [2.75, 3.05) is 14.1 Å². The highest BCUT2D eigenvalue weighted by atomic mass is 16.5. The van der Waals surface area contributed by atoms with E-state index < -0.39 is 59.1 Å². The number of rotatable bonds is 17. The fourth-order valence-corrected chi connectivity index (χ4v) is 5.96. The second kappa shape index (κ2) is 18.3. The molecule has 6 unspecified atom stereocenters. The molecule has 8 N–H and O–H groups in total. The molecule has 0 fully saturated rings. The molecule has 0 radical (unpaired) electrons. The van der Waals surface area contributed by atoms with Gasteiger partial charge in [-0.1, -0.05) is 97.1 Å². The minimum Gasteiger partial charge on any atom is -0.508 e. The Hall–Kier alpha value is -5.80. The SMILES string of the molecule is CNC(=O)C(C)(NC(=O)C(OCc1ccccc1)C(O)C(O)C(OCc1ccccc1)C(=O)NC(C)(C(=O)NC)c1ccccc1O)c1ccccc1O. The molecule has 0 aliphatic rings. The average Bonchev–Trinajstić information content (AvgIpc) is 3.18. The smallest absolute Gasteiger partial charge is 0.253 e. The van der Waals surface area contributed by atoms with Crippen LogP contribution < -0.4 is 21.3 Å². The molecule has 14 heteroatoms. The van der Waals surface area contributed by atoms with Crippen LogP contribution in [0.2, 0.25) is 0 Å². The zero-order valence-electron chi connectivity index (χ0n) is 30.4. The van der Waals surface area contributed by atoms with E-state index in [9.17, 15) is 39.6 Å². The molecule has 0 spiro atoms. The number of hydrogen-bond acceptors (Lipinski definition) is 10. The summed E-state index contributed by atoms with van der Waals surface area (Å²) in [6.45, 7) is 2.18. The third-order valence-corrected chi connectivity index (χ3v) is 9.03. The Morgan fingerprint density at radius 1 is 0.556 bits per heavy atom. The summed E-state index contributed by atoms with van der Waals surface area (Å²) in [6.07, 6.45) is -8.30. The molecule has 4 aromatic rings. The van der Waals surface area contributed by atoms with Crippen LogP contribution in [0.25, 0.3) is 0 Å². The molecule has 0 saturated carbocycles. The van der Waals surface area contributed by atoms with E-state index in [-0.39, 0.29) is 35.8 Å². The van der Waals surface area contributed by atoms with Crippen LogP contribution in [0.1, 0.15) is 36.1 Å². The highest BCUT2D eigenvalue weighted by molar-refractivity contribution is 5.95. The number of nitrogens with one attached hydrogen (secondary N) is 4. The van der Waals surface area contributed by atoms with Gasteiger partial charge in [0.15, 0.2) is 12.2 Å². The first-order valence-corrected chi connectivity index (χ1v) is 17.1. The lowest BCUT2D eigenvalue weighted by atomic mass is 9.88. The van der Waals surface area contributed by atoms with Crippen molar-refractivity contribution in [3.63, 3.8) is 0 Å². The number of phenolic OH excluding ortho intramolecular Hbond substituents is 2. The third kappa shape index (κ3) is 9.40. The highest BCUT2D eigenvalue weighted by Crippen LogP contribution is 2.31. The Kier molecular flexibility index (Phi) is 13.9. The predicted molar refractivity (Wildman–Crippen MR) is 197 cm³/mol. The number of amides is 4. The van der Waals surface area contributed by atoms with Gasteiger partial charge in [0.2, 0.25) is 11.8 Å². The van der Waals surface area contributed by atoms with E-state index in [0.717, 1.165) is 0 Å². The summed E-state index contributed by atoms with van der Waals surface area (Å²) in [4.78, 5) is 55.0. The molecule has 6 atom stereocenters. The number of hydrogen-bond donors (Lipinski definition) is 8. The van der Waals surface area contributed by atoms with Crippen molar-refractivity contribution in [3.05, 3.63) is 131 Å². The summed E-state index contributed by atoms with van der Waals surface area (Å²) in [7, 11) is 2.67. The molecule has 4 amide bonds. The first kappa shape index (κ1) is 41.0. The maximum absolute atomic E-state index is 14.2. The molecular weight excluding hydrogens is 696 g/mol. The minimum atomic E-state index is -2.20. The van der Waals surface area contributed by atoms with Gasteiger partial charge < -0.3 is 51.2 Å². The van der Waals surface area contributed by atoms with Crippen LogP contribution in [0, 0.1) is 0 Å². The Morgan fingerprint density at radius 2 is 0.870 bits per heavy atom. The number of para-hydroxylation sites is 2. The van der Waals surface area contributed by atoms with Gasteiger partial charge in [0.1, 0.15) is 34.8 Å². The van der Waals surface area contributed by atoms with Crippen molar-refractivity contribution in [2.45, 2.75) is 62.6 Å². The fraction of sp³-hybridized carbons (Fsp3) is 0.300. The number of benzene rings is 4. The molecule has 0 aliphatic carbocycles. The van der Waals surface area contributed by atoms with E-state index in [4.69, 9.17) is 9.47 Å². The van der Waals surface area contributed by atoms with Gasteiger partial charge in [-0.05, 0) is 37.1 Å². The number of likely N-dealkylation sites (N-methyl/N-ethyl adjacent to an activating group) is 2. The van der Waals surface area contributed by atoms with E-state index in [1.807, 2.05) is 0 Å². The van der Waals surface area contributed by atoms with Crippen molar-refractivity contribution in [1.29, 1.82) is 0 Å². The monoisotopic (exact) mass is 742 g/mol. The number of ether oxygens (including phenoxy) is 2. The number of carbonyl (C=O) groups excluding carboxylic acids is 4. The molecule has 286 valence electrons. The first-order chi connectivity index (χ1) is 25.8. The molecule has 0 aliphatic heterocycles. The molecule has 0 aromatic heterocycles. The van der Waals surface area contributed by atoms with E-state index in [1.54, 1.807) is 72.8 Å². The van der Waals surface area contributed by atoms with Gasteiger partial charge in [0, 0.05) is 25.2 Å². The number of carbonyl (C=O) groups is 4. The molecule has 4 rings (SSSR count). The summed E-state index contributed by atoms with van der Waals surface area (Å²) in [5.41, 5.74) is -2.60. The summed E-state index contributed by atoms with van der Waals surface area (Å²) in [5, 5.41) is 55.0. The standard InChI is InChI=1S/C40H46N4O10/c1-39(37(51)41-3,27-19-11-13-21-29(27)45)43-35(49)33(53-23-25-15-7-5-8-16-25)31(47)32(48)34(54-24-26-17-9-6-10-18-26)36(50)44-40(2,38(52)42-4)28-20-12-14-22-30(28)46/h5-22,31-34,45-48H,23-24H2,1-4H3,(H,41,51)(H,42,52)(H,43,49)(H,44,50). The largest absolute Gasteiger partial charge is 0.508 e. The quantitative estimate of drug-likeness (QED) is 0.0786. The lowest BCUT2D eigenvalue weighted by molar-refractivity contribution is -0.172. The van der Waals surface area contributed by atoms with Gasteiger partial charge >= 0.3 is 0 Å². The summed E-state index contributed by atoms with van der Waals surface area (Å²) in [5.74, 6) is -4.23. The Bertz CT molecular complexity index is 1760. The average molecular weight is 743 g/mol. The van der Waals surface area contributed by atoms with Gasteiger partial charge in [-0.25, -0.2) is 0 Å². The van der Waals surface area contributed by atoms with Crippen LogP contribution in [0.4, 0.5) is 0 Å². The fourth-order valence-electron chi connectivity index (χ4n) is 5.96. The molecule has 14 nitrogen and oxygen atoms in total. The zero-order chi connectivity index (χ0) is 39.5. The van der Waals surface area contributed by atoms with E-state index in [1.165, 1.54) is 64.3 Å². The van der Waals surface area contributed by atoms with Crippen LogP contribution in [0.5, 0.6) is 11.5 Å². The van der Waals surface area contributed by atoms with Gasteiger partial charge in [-0.15, -0.1) is 0 Å². The van der Waals surface area contributed by atoms with Gasteiger partial charge in [0.25, 0.3) is 11.8 Å². The van der Waals surface area contributed by atoms with Gasteiger partial charge in [0.05, 0.1) is 13.2 Å². The van der Waals surface area contributed by atoms with Crippen molar-refractivity contribution >= 4 is 23.6 Å². The zero-order valence-corrected chi connectivity index (χ0v) is 30.4. The predicted octanol–water partition coefficient (Wildman–Crippen LogP) is 1.85. The van der Waals surface area contributed by atoms with Crippen LogP contribution in [-0.2, 0) is 52.9 Å². The van der Waals surface area contributed by atoms with Crippen LogP contribution >= 0.6 is 0 Å². The lowest BCUT2D eigenvalue weighted by Crippen LogP contribution is -2.62. The topological polar surface area (TPSA) is 216 Å². The van der Waals surface area contributed by atoms with Gasteiger partial charge in [-0.2, -0.15) is 0 Å². The summed E-state index contributed by atoms with van der Waals surface area (Å²) in [6, 6.07) is 29.0. The normalized spacial score (nSPS) is 15.6. The minimum absolute atomic E-state index is 0.0237. The Labute approximate surface area is 313 Å². The number of aromatic hydroxyl groups is 2. The van der Waals surface area contributed by atoms with E-state index in [2.05, 4.69) is 21.3 Å². The van der Waals surface area contributed by atoms with Crippen LogP contribution in [-0.4, -0.2) is 82.6 Å². The number of aliphatic hydroxyl groups is 2. The van der Waals surface area contributed by atoms with Crippen molar-refractivity contribution in [2.24, 2.45) is 0 Å². The Morgan fingerprint density at radius 3 is 1.19 bits per heavy atom. The summed E-state index contributed by atoms with van der Waals surface area (Å²) >= 11 is 0. The van der Waals surface area contributed by atoms with Crippen molar-refractivity contribution in [1.82, 2.24) is 21.3 Å². The maximum Gasteiger partial charge on any atom is 0.253 e. The number of phenols is 2. The second-order valence-corrected chi connectivity index (χ2v) is 12.8. The first-order valence-electron chi connectivity index (χ1n) is 17.1. The van der Waals surface area contributed by atoms with E-state index in [0.29, 0.717) is 11.1 Å². The summed E-state index contributed by atoms with van der Waals surface area (Å²) < 4.78 is 11.9. The van der Waals surface area contributed by atoms with Crippen molar-refractivity contribution in [3.8, 4) is 11.5 Å². The molecule has 0 heterocycles. The lowest BCUT2D eigenvalue weighted by Gasteiger charge is -2.36.